The molecule has 202 valence electrons. The second-order valence-electron chi connectivity index (χ2n) is 10.6. The van der Waals surface area contributed by atoms with E-state index in [1.807, 2.05) is 42.5 Å². The molecule has 39 heavy (non-hydrogen) atoms. The molecule has 3 atom stereocenters. The quantitative estimate of drug-likeness (QED) is 0.319. The van der Waals surface area contributed by atoms with Crippen molar-refractivity contribution in [3.63, 3.8) is 0 Å². The molecule has 3 heterocycles. The lowest BCUT2D eigenvalue weighted by molar-refractivity contribution is -0.131. The summed E-state index contributed by atoms with van der Waals surface area (Å²) in [5.74, 6) is -0.0863. The van der Waals surface area contributed by atoms with Gasteiger partial charge in [-0.05, 0) is 96.1 Å². The maximum absolute atomic E-state index is 14.3. The van der Waals surface area contributed by atoms with E-state index in [4.69, 9.17) is 27.9 Å². The molecule has 1 spiro atoms. The van der Waals surface area contributed by atoms with Crippen LogP contribution in [-0.2, 0) is 15.0 Å². The smallest absolute Gasteiger partial charge is 0.238 e. The first-order chi connectivity index (χ1) is 18.8. The summed E-state index contributed by atoms with van der Waals surface area (Å²) in [6, 6.07) is 18.3. The normalized spacial score (nSPS) is 25.3. The van der Waals surface area contributed by atoms with Crippen LogP contribution >= 0.6 is 45.8 Å². The molecule has 0 bridgehead atoms. The number of ether oxygens (including phenoxy) is 1. The van der Waals surface area contributed by atoms with E-state index in [1.165, 1.54) is 0 Å². The lowest BCUT2D eigenvalue weighted by Gasteiger charge is -2.47. The van der Waals surface area contributed by atoms with Crippen LogP contribution < -0.4 is 15.4 Å². The third-order valence-electron chi connectivity index (χ3n) is 8.24. The van der Waals surface area contributed by atoms with Crippen molar-refractivity contribution in [1.82, 2.24) is 10.2 Å². The van der Waals surface area contributed by atoms with Crippen LogP contribution in [0.3, 0.4) is 0 Å². The standard InChI is InChI=1S/C30H28Cl2IN3O3/c1-36-11-9-21(10-12-36)39-26-8-6-20(33)15-22(26)28-30(23-7-5-19(32)14-25(23)34-29(30)38)24(16-27(37)35-28)17-3-2-4-18(31)13-17/h2-8,13-15,21,24,28H,9-12,16H2,1H3,(H,34,38)(H,35,37)/t24-,28+,30?/m0/s1. The van der Waals surface area contributed by atoms with Crippen LogP contribution in [-0.4, -0.2) is 43.0 Å². The molecule has 2 saturated heterocycles. The first kappa shape index (κ1) is 26.9. The van der Waals surface area contributed by atoms with E-state index in [2.05, 4.69) is 45.2 Å². The number of nitrogens with one attached hydrogen (secondary N) is 2. The summed E-state index contributed by atoms with van der Waals surface area (Å²) in [6.07, 6.45) is 2.03. The third kappa shape index (κ3) is 4.81. The van der Waals surface area contributed by atoms with Crippen molar-refractivity contribution in [2.75, 3.05) is 25.5 Å². The fourth-order valence-electron chi connectivity index (χ4n) is 6.40. The van der Waals surface area contributed by atoms with E-state index in [0.29, 0.717) is 21.5 Å². The molecule has 6 nitrogen and oxygen atoms in total. The van der Waals surface area contributed by atoms with Crippen molar-refractivity contribution in [1.29, 1.82) is 0 Å². The molecular formula is C30H28Cl2IN3O3. The van der Waals surface area contributed by atoms with Gasteiger partial charge >= 0.3 is 0 Å². The number of fused-ring (bicyclic) bond motifs is 2. The summed E-state index contributed by atoms with van der Waals surface area (Å²) in [6.45, 7) is 1.92. The van der Waals surface area contributed by atoms with Crippen molar-refractivity contribution in [2.45, 2.75) is 42.7 Å². The van der Waals surface area contributed by atoms with Crippen LogP contribution in [0.25, 0.3) is 0 Å². The van der Waals surface area contributed by atoms with Crippen molar-refractivity contribution < 1.29 is 14.3 Å². The highest BCUT2D eigenvalue weighted by molar-refractivity contribution is 14.1. The fraction of sp³-hybridized carbons (Fsp3) is 0.333. The zero-order chi connectivity index (χ0) is 27.3. The lowest BCUT2D eigenvalue weighted by Crippen LogP contribution is -2.57. The molecule has 6 rings (SSSR count). The van der Waals surface area contributed by atoms with Crippen molar-refractivity contribution in [3.8, 4) is 5.75 Å². The molecule has 3 aliphatic rings. The Morgan fingerprint density at radius 3 is 2.54 bits per heavy atom. The van der Waals surface area contributed by atoms with Gasteiger partial charge in [-0.1, -0.05) is 41.4 Å². The van der Waals surface area contributed by atoms with Crippen LogP contribution in [0.5, 0.6) is 5.75 Å². The molecule has 3 aromatic rings. The van der Waals surface area contributed by atoms with Crippen molar-refractivity contribution in [2.24, 2.45) is 0 Å². The Morgan fingerprint density at radius 2 is 1.77 bits per heavy atom. The number of hydrogen-bond acceptors (Lipinski definition) is 4. The highest BCUT2D eigenvalue weighted by atomic mass is 127. The molecule has 2 fully saturated rings. The van der Waals surface area contributed by atoms with Crippen LogP contribution in [0.4, 0.5) is 5.69 Å². The van der Waals surface area contributed by atoms with E-state index in [1.54, 1.807) is 18.2 Å². The Morgan fingerprint density at radius 1 is 1.00 bits per heavy atom. The second kappa shape index (κ2) is 10.6. The van der Waals surface area contributed by atoms with Crippen LogP contribution in [0, 0.1) is 3.57 Å². The largest absolute Gasteiger partial charge is 0.490 e. The Bertz CT molecular complexity index is 1460. The summed E-state index contributed by atoms with van der Waals surface area (Å²) in [4.78, 5) is 30.0. The molecule has 2 N–H and O–H groups in total. The van der Waals surface area contributed by atoms with Gasteiger partial charge in [0, 0.05) is 50.3 Å². The summed E-state index contributed by atoms with van der Waals surface area (Å²) in [5, 5.41) is 7.40. The number of amides is 2. The van der Waals surface area contributed by atoms with Crippen LogP contribution in [0.2, 0.25) is 10.0 Å². The molecule has 0 aromatic heterocycles. The number of rotatable bonds is 4. The third-order valence-corrected chi connectivity index (χ3v) is 9.39. The van der Waals surface area contributed by atoms with Crippen LogP contribution in [0.1, 0.15) is 47.9 Å². The number of benzene rings is 3. The van der Waals surface area contributed by atoms with Gasteiger partial charge in [0.15, 0.2) is 0 Å². The predicted molar refractivity (Wildman–Crippen MR) is 162 cm³/mol. The SMILES string of the molecule is CN1CCC(Oc2ccc(I)cc2[C@H]2NC(=O)C[C@@H](c3cccc(Cl)c3)C23C(=O)Nc2cc(Cl)ccc23)CC1. The second-order valence-corrected chi connectivity index (χ2v) is 12.7. The maximum atomic E-state index is 14.3. The van der Waals surface area contributed by atoms with Gasteiger partial charge in [-0.2, -0.15) is 0 Å². The Hall–Kier alpha value is -2.33. The Labute approximate surface area is 251 Å². The fourth-order valence-corrected chi connectivity index (χ4v) is 7.29. The van der Waals surface area contributed by atoms with Gasteiger partial charge in [0.25, 0.3) is 0 Å². The van der Waals surface area contributed by atoms with Gasteiger partial charge in [0.1, 0.15) is 17.3 Å². The number of carbonyl (C=O) groups excluding carboxylic acids is 2. The molecule has 0 saturated carbocycles. The number of halogens is 3. The van der Waals surface area contributed by atoms with E-state index in [-0.39, 0.29) is 24.3 Å². The van der Waals surface area contributed by atoms with E-state index in [0.717, 1.165) is 46.2 Å². The number of nitrogens with zero attached hydrogens (tertiary/aromatic N) is 1. The van der Waals surface area contributed by atoms with E-state index < -0.39 is 17.4 Å². The Balaban J connectivity index is 1.55. The first-order valence-electron chi connectivity index (χ1n) is 13.1. The minimum absolute atomic E-state index is 0.0578. The average Bonchev–Trinajstić information content (AvgIpc) is 3.18. The monoisotopic (exact) mass is 675 g/mol. The number of carbonyl (C=O) groups is 2. The average molecular weight is 676 g/mol. The minimum Gasteiger partial charge on any atom is -0.490 e. The van der Waals surface area contributed by atoms with Crippen molar-refractivity contribution >= 4 is 63.3 Å². The molecular weight excluding hydrogens is 648 g/mol. The lowest BCUT2D eigenvalue weighted by atomic mass is 9.59. The van der Waals surface area contributed by atoms with E-state index in [9.17, 15) is 9.59 Å². The number of hydrogen-bond donors (Lipinski definition) is 2. The number of piperidine rings is 2. The van der Waals surface area contributed by atoms with Gasteiger partial charge in [-0.15, -0.1) is 0 Å². The van der Waals surface area contributed by atoms with Gasteiger partial charge < -0.3 is 20.3 Å². The molecule has 3 aliphatic heterocycles. The van der Waals surface area contributed by atoms with Crippen molar-refractivity contribution in [3.05, 3.63) is 91.0 Å². The van der Waals surface area contributed by atoms with Gasteiger partial charge in [-0.25, -0.2) is 0 Å². The van der Waals surface area contributed by atoms with E-state index >= 15 is 0 Å². The maximum Gasteiger partial charge on any atom is 0.238 e. The topological polar surface area (TPSA) is 70.7 Å². The molecule has 2 amide bonds. The summed E-state index contributed by atoms with van der Waals surface area (Å²) < 4.78 is 7.62. The first-order valence-corrected chi connectivity index (χ1v) is 14.9. The minimum atomic E-state index is -1.14. The Kier molecular flexibility index (Phi) is 7.29. The molecule has 0 aliphatic carbocycles. The van der Waals surface area contributed by atoms with Gasteiger partial charge in [0.05, 0.1) is 6.04 Å². The molecule has 0 radical (unpaired) electrons. The summed E-state index contributed by atoms with van der Waals surface area (Å²) >= 11 is 15.0. The zero-order valence-corrected chi connectivity index (χ0v) is 25.0. The summed E-state index contributed by atoms with van der Waals surface area (Å²) in [7, 11) is 2.12. The zero-order valence-electron chi connectivity index (χ0n) is 21.3. The van der Waals surface area contributed by atoms with Crippen LogP contribution in [0.15, 0.2) is 60.7 Å². The summed E-state index contributed by atoms with van der Waals surface area (Å²) in [5.41, 5.74) is 1.94. The highest BCUT2D eigenvalue weighted by Crippen LogP contribution is 2.58. The van der Waals surface area contributed by atoms with Gasteiger partial charge in [0.2, 0.25) is 11.8 Å². The number of likely N-dealkylation sites (tertiary alicyclic amines) is 1. The van der Waals surface area contributed by atoms with Gasteiger partial charge in [-0.3, -0.25) is 9.59 Å². The molecule has 1 unspecified atom stereocenters. The molecule has 9 heteroatoms. The highest BCUT2D eigenvalue weighted by Gasteiger charge is 2.61. The predicted octanol–water partition coefficient (Wildman–Crippen LogP) is 6.31. The molecule has 3 aromatic carbocycles. The number of anilines is 1.